The molecule has 0 aliphatic heterocycles. The van der Waals surface area contributed by atoms with Crippen LogP contribution in [0.1, 0.15) is 41.0 Å². The Labute approximate surface area is 142 Å². The number of anilines is 1. The summed E-state index contributed by atoms with van der Waals surface area (Å²) in [5.41, 5.74) is 0.515. The third-order valence-corrected chi connectivity index (χ3v) is 4.68. The lowest BCUT2D eigenvalue weighted by atomic mass is 10.0. The first-order valence-electron chi connectivity index (χ1n) is 7.83. The van der Waals surface area contributed by atoms with Gasteiger partial charge >= 0.3 is 0 Å². The van der Waals surface area contributed by atoms with Crippen molar-refractivity contribution < 1.29 is 18.7 Å². The van der Waals surface area contributed by atoms with E-state index in [-0.39, 0.29) is 17.5 Å². The maximum Gasteiger partial charge on any atom is 0.226 e. The molecule has 0 unspecified atom stereocenters. The topological polar surface area (TPSA) is 68.3 Å². The zero-order chi connectivity index (χ0) is 16.9. The van der Waals surface area contributed by atoms with E-state index in [9.17, 15) is 14.0 Å². The van der Waals surface area contributed by atoms with Crippen LogP contribution >= 0.6 is 11.3 Å². The van der Waals surface area contributed by atoms with Crippen LogP contribution in [-0.4, -0.2) is 23.3 Å². The van der Waals surface area contributed by atoms with Gasteiger partial charge in [-0.15, -0.1) is 11.3 Å². The summed E-state index contributed by atoms with van der Waals surface area (Å²) < 4.78 is 18.2. The van der Waals surface area contributed by atoms with Crippen LogP contribution in [0, 0.1) is 5.82 Å². The van der Waals surface area contributed by atoms with Crippen LogP contribution < -0.4 is 10.1 Å². The summed E-state index contributed by atoms with van der Waals surface area (Å²) in [5, 5.41) is 3.22. The average Bonchev–Trinajstić information content (AvgIpc) is 2.97. The highest BCUT2D eigenvalue weighted by Gasteiger charge is 2.22. The largest absolute Gasteiger partial charge is 0.494 e. The van der Waals surface area contributed by atoms with Gasteiger partial charge in [0, 0.05) is 17.7 Å². The van der Waals surface area contributed by atoms with E-state index in [0.717, 1.165) is 17.7 Å². The Kier molecular flexibility index (Phi) is 5.20. The number of carbonyl (C=O) groups excluding carboxylic acids is 2. The molecule has 0 atom stereocenters. The number of ether oxygens (including phenoxy) is 1. The molecule has 1 N–H and O–H groups in total. The Hall–Kier alpha value is -2.28. The van der Waals surface area contributed by atoms with Crippen molar-refractivity contribution in [2.24, 2.45) is 0 Å². The number of ketones is 1. The molecule has 0 radical (unpaired) electrons. The lowest BCUT2D eigenvalue weighted by molar-refractivity contribution is -0.116. The molecule has 24 heavy (non-hydrogen) atoms. The van der Waals surface area contributed by atoms with E-state index >= 15 is 0 Å². The minimum absolute atomic E-state index is 0.0562. The number of hydrogen-bond acceptors (Lipinski definition) is 5. The number of halogens is 1. The van der Waals surface area contributed by atoms with Crippen LogP contribution in [0.3, 0.4) is 0 Å². The molecule has 1 aromatic heterocycles. The minimum atomic E-state index is -0.314. The van der Waals surface area contributed by atoms with Crippen molar-refractivity contribution in [3.8, 4) is 5.75 Å². The highest BCUT2D eigenvalue weighted by atomic mass is 32.1. The summed E-state index contributed by atoms with van der Waals surface area (Å²) in [6.45, 7) is 0.367. The van der Waals surface area contributed by atoms with Gasteiger partial charge in [-0.05, 0) is 43.5 Å². The lowest BCUT2D eigenvalue weighted by Gasteiger charge is -2.06. The van der Waals surface area contributed by atoms with Gasteiger partial charge in [0.2, 0.25) is 5.91 Å². The molecule has 1 aliphatic carbocycles. The number of thiazole rings is 1. The van der Waals surface area contributed by atoms with Crippen molar-refractivity contribution in [2.45, 2.75) is 32.1 Å². The SMILES string of the molecule is O=C(CCCOc1ccc(F)cc1)Nc1nc2c(s1)CCCC2=O. The van der Waals surface area contributed by atoms with Crippen molar-refractivity contribution in [1.82, 2.24) is 4.98 Å². The molecule has 0 spiro atoms. The molecule has 5 nitrogen and oxygen atoms in total. The van der Waals surface area contributed by atoms with Crippen molar-refractivity contribution in [3.05, 3.63) is 40.7 Å². The standard InChI is InChI=1S/C17H17FN2O3S/c18-11-6-8-12(9-7-11)23-10-2-5-15(22)19-17-20-16-13(21)3-1-4-14(16)24-17/h6-9H,1-5,10H2,(H,19,20,22). The summed E-state index contributed by atoms with van der Waals surface area (Å²) in [6.07, 6.45) is 3.06. The van der Waals surface area contributed by atoms with E-state index in [1.54, 1.807) is 12.1 Å². The number of rotatable bonds is 6. The predicted octanol–water partition coefficient (Wildman–Crippen LogP) is 3.60. The Bertz CT molecular complexity index is 743. The van der Waals surface area contributed by atoms with Gasteiger partial charge in [-0.2, -0.15) is 0 Å². The number of Topliss-reactive ketones (excluding diaryl/α,β-unsaturated/α-hetero) is 1. The van der Waals surface area contributed by atoms with Crippen LogP contribution in [-0.2, 0) is 11.2 Å². The molecule has 3 rings (SSSR count). The van der Waals surface area contributed by atoms with Crippen LogP contribution in [0.5, 0.6) is 5.75 Å². The molecule has 0 saturated heterocycles. The van der Waals surface area contributed by atoms with E-state index in [0.29, 0.717) is 42.4 Å². The number of amides is 1. The Morgan fingerprint density at radius 1 is 1.29 bits per heavy atom. The lowest BCUT2D eigenvalue weighted by Crippen LogP contribution is -2.13. The smallest absolute Gasteiger partial charge is 0.226 e. The Morgan fingerprint density at radius 2 is 2.08 bits per heavy atom. The molecule has 0 fully saturated rings. The minimum Gasteiger partial charge on any atom is -0.494 e. The number of nitrogens with zero attached hydrogens (tertiary/aromatic N) is 1. The quantitative estimate of drug-likeness (QED) is 0.810. The van der Waals surface area contributed by atoms with Crippen LogP contribution in [0.25, 0.3) is 0 Å². The Balaban J connectivity index is 1.43. The molecule has 0 saturated carbocycles. The number of aromatic nitrogens is 1. The predicted molar refractivity (Wildman–Crippen MR) is 89.1 cm³/mol. The summed E-state index contributed by atoms with van der Waals surface area (Å²) in [4.78, 5) is 28.9. The molecule has 126 valence electrons. The number of carbonyl (C=O) groups is 2. The van der Waals surface area contributed by atoms with E-state index < -0.39 is 0 Å². The molecule has 7 heteroatoms. The number of hydrogen-bond donors (Lipinski definition) is 1. The second-order valence-corrected chi connectivity index (χ2v) is 6.61. The molecule has 0 bridgehead atoms. The van der Waals surface area contributed by atoms with Gasteiger partial charge in [-0.3, -0.25) is 9.59 Å². The van der Waals surface area contributed by atoms with Gasteiger partial charge in [0.05, 0.1) is 6.61 Å². The fourth-order valence-electron chi connectivity index (χ4n) is 2.46. The molecular formula is C17H17FN2O3S. The van der Waals surface area contributed by atoms with Gasteiger partial charge in [-0.1, -0.05) is 0 Å². The van der Waals surface area contributed by atoms with Gasteiger partial charge < -0.3 is 10.1 Å². The van der Waals surface area contributed by atoms with E-state index in [1.165, 1.54) is 23.5 Å². The number of nitrogens with one attached hydrogen (secondary N) is 1. The fraction of sp³-hybridized carbons (Fsp3) is 0.353. The van der Waals surface area contributed by atoms with Gasteiger partial charge in [0.25, 0.3) is 0 Å². The second-order valence-electron chi connectivity index (χ2n) is 5.52. The summed E-state index contributed by atoms with van der Waals surface area (Å²) in [5.74, 6) is 0.159. The highest BCUT2D eigenvalue weighted by Crippen LogP contribution is 2.29. The number of benzene rings is 1. The maximum atomic E-state index is 12.8. The Morgan fingerprint density at radius 3 is 2.83 bits per heavy atom. The van der Waals surface area contributed by atoms with E-state index in [2.05, 4.69) is 10.3 Å². The van der Waals surface area contributed by atoms with E-state index in [4.69, 9.17) is 4.74 Å². The summed E-state index contributed by atoms with van der Waals surface area (Å²) in [7, 11) is 0. The molecule has 1 aromatic carbocycles. The summed E-state index contributed by atoms with van der Waals surface area (Å²) >= 11 is 1.37. The molecule has 1 aliphatic rings. The molecule has 1 heterocycles. The van der Waals surface area contributed by atoms with Crippen LogP contribution in [0.2, 0.25) is 0 Å². The van der Waals surface area contributed by atoms with Gasteiger partial charge in [0.1, 0.15) is 17.3 Å². The first kappa shape index (κ1) is 16.6. The van der Waals surface area contributed by atoms with Crippen LogP contribution in [0.15, 0.2) is 24.3 Å². The maximum absolute atomic E-state index is 12.8. The average molecular weight is 348 g/mol. The van der Waals surface area contributed by atoms with Crippen LogP contribution in [0.4, 0.5) is 9.52 Å². The van der Waals surface area contributed by atoms with Crippen molar-refractivity contribution in [1.29, 1.82) is 0 Å². The van der Waals surface area contributed by atoms with Crippen molar-refractivity contribution in [2.75, 3.05) is 11.9 Å². The first-order valence-corrected chi connectivity index (χ1v) is 8.64. The number of aryl methyl sites for hydroxylation is 1. The normalized spacial score (nSPS) is 13.5. The monoisotopic (exact) mass is 348 g/mol. The zero-order valence-corrected chi connectivity index (χ0v) is 13.8. The number of fused-ring (bicyclic) bond motifs is 1. The molecule has 1 amide bonds. The fourth-order valence-corrected chi connectivity index (χ4v) is 3.49. The van der Waals surface area contributed by atoms with E-state index in [1.807, 2.05) is 0 Å². The second kappa shape index (κ2) is 7.53. The first-order chi connectivity index (χ1) is 11.6. The summed E-state index contributed by atoms with van der Waals surface area (Å²) in [6, 6.07) is 5.75. The van der Waals surface area contributed by atoms with Crippen molar-refractivity contribution in [3.63, 3.8) is 0 Å². The third-order valence-electron chi connectivity index (χ3n) is 3.65. The zero-order valence-electron chi connectivity index (χ0n) is 13.0. The van der Waals surface area contributed by atoms with Gasteiger partial charge in [0.15, 0.2) is 10.9 Å². The highest BCUT2D eigenvalue weighted by molar-refractivity contribution is 7.16. The van der Waals surface area contributed by atoms with Gasteiger partial charge in [-0.25, -0.2) is 9.37 Å². The molecular weight excluding hydrogens is 331 g/mol. The van der Waals surface area contributed by atoms with Crippen molar-refractivity contribution >= 4 is 28.2 Å². The third kappa shape index (κ3) is 4.17. The molecule has 2 aromatic rings.